The van der Waals surface area contributed by atoms with Gasteiger partial charge in [0.1, 0.15) is 5.82 Å². The van der Waals surface area contributed by atoms with Crippen LogP contribution in [0.2, 0.25) is 0 Å². The Labute approximate surface area is 82.4 Å². The third-order valence-corrected chi connectivity index (χ3v) is 1.93. The second-order valence-corrected chi connectivity index (χ2v) is 3.06. The number of benzene rings is 1. The summed E-state index contributed by atoms with van der Waals surface area (Å²) in [6.07, 6.45) is 0. The lowest BCUT2D eigenvalue weighted by Gasteiger charge is -2.00. The Morgan fingerprint density at radius 3 is 2.92 bits per heavy atom. The molecule has 0 unspecified atom stereocenters. The third-order valence-electron chi connectivity index (χ3n) is 1.26. The van der Waals surface area contributed by atoms with Crippen LogP contribution in [0.1, 0.15) is 0 Å². The molecule has 0 fully saturated rings. The van der Waals surface area contributed by atoms with Gasteiger partial charge in [-0.3, -0.25) is 5.21 Å². The zero-order valence-electron chi connectivity index (χ0n) is 6.46. The average Bonchev–Trinajstić information content (AvgIpc) is 2.11. The van der Waals surface area contributed by atoms with Gasteiger partial charge >= 0.3 is 0 Å². The van der Waals surface area contributed by atoms with E-state index in [0.717, 1.165) is 0 Å². The van der Waals surface area contributed by atoms with Gasteiger partial charge in [0.25, 0.3) is 0 Å². The van der Waals surface area contributed by atoms with E-state index in [1.807, 2.05) is 0 Å². The maximum Gasteiger partial charge on any atom is 0.218 e. The highest BCUT2D eigenvalue weighted by molar-refractivity contribution is 9.10. The summed E-state index contributed by atoms with van der Waals surface area (Å²) in [4.78, 5) is 3.68. The molecule has 0 aliphatic carbocycles. The van der Waals surface area contributed by atoms with E-state index < -0.39 is 5.82 Å². The molecule has 0 amide bonds. The number of aliphatic imine (C=N–C) groups is 1. The van der Waals surface area contributed by atoms with Gasteiger partial charge in [-0.15, -0.1) is 0 Å². The molecule has 0 aromatic heterocycles. The number of hydrogen-bond acceptors (Lipinski definition) is 2. The quantitative estimate of drug-likeness (QED) is 0.401. The second kappa shape index (κ2) is 4.20. The van der Waals surface area contributed by atoms with Gasteiger partial charge in [-0.05, 0) is 28.1 Å². The van der Waals surface area contributed by atoms with Gasteiger partial charge in [0, 0.05) is 10.5 Å². The summed E-state index contributed by atoms with van der Waals surface area (Å²) in [5, 5.41) is 8.34. The van der Waals surface area contributed by atoms with Crippen LogP contribution < -0.4 is 11.2 Å². The van der Waals surface area contributed by atoms with Crippen LogP contribution in [0.25, 0.3) is 0 Å². The molecule has 0 radical (unpaired) electrons. The predicted octanol–water partition coefficient (Wildman–Crippen LogP) is 1.51. The minimum absolute atomic E-state index is 0.202. The molecule has 0 aliphatic rings. The van der Waals surface area contributed by atoms with E-state index in [1.165, 1.54) is 18.2 Å². The van der Waals surface area contributed by atoms with E-state index in [4.69, 9.17) is 10.9 Å². The smallest absolute Gasteiger partial charge is 0.218 e. The van der Waals surface area contributed by atoms with Crippen molar-refractivity contribution >= 4 is 27.6 Å². The maximum atomic E-state index is 12.7. The number of halogens is 2. The molecule has 1 rings (SSSR count). The molecule has 1 aromatic rings. The largest absolute Gasteiger partial charge is 0.368 e. The molecule has 4 nitrogen and oxygen atoms in total. The van der Waals surface area contributed by atoms with Gasteiger partial charge in [-0.25, -0.2) is 14.9 Å². The monoisotopic (exact) mass is 247 g/mol. The van der Waals surface area contributed by atoms with Gasteiger partial charge in [0.2, 0.25) is 5.96 Å². The Morgan fingerprint density at radius 2 is 2.31 bits per heavy atom. The molecule has 0 atom stereocenters. The first-order chi connectivity index (χ1) is 6.13. The van der Waals surface area contributed by atoms with Crippen LogP contribution >= 0.6 is 15.9 Å². The number of nitrogens with zero attached hydrogens (tertiary/aromatic N) is 1. The summed E-state index contributed by atoms with van der Waals surface area (Å²) >= 11 is 3.15. The first kappa shape index (κ1) is 9.94. The molecule has 0 bridgehead atoms. The van der Waals surface area contributed by atoms with Crippen molar-refractivity contribution in [1.29, 1.82) is 0 Å². The fourth-order valence-corrected chi connectivity index (χ4v) is 1.06. The summed E-state index contributed by atoms with van der Waals surface area (Å²) in [5.74, 6) is -0.626. The van der Waals surface area contributed by atoms with Crippen LogP contribution in [0.5, 0.6) is 0 Å². The van der Waals surface area contributed by atoms with E-state index >= 15 is 0 Å². The van der Waals surface area contributed by atoms with E-state index in [-0.39, 0.29) is 5.96 Å². The minimum atomic E-state index is -0.423. The van der Waals surface area contributed by atoms with Gasteiger partial charge in [-0.2, -0.15) is 0 Å². The van der Waals surface area contributed by atoms with E-state index in [2.05, 4.69) is 20.9 Å². The van der Waals surface area contributed by atoms with Crippen LogP contribution in [0.3, 0.4) is 0 Å². The first-order valence-corrected chi connectivity index (χ1v) is 4.12. The Morgan fingerprint density at radius 1 is 1.62 bits per heavy atom. The molecule has 0 heterocycles. The lowest BCUT2D eigenvalue weighted by molar-refractivity contribution is 0.233. The van der Waals surface area contributed by atoms with Crippen molar-refractivity contribution in [3.63, 3.8) is 0 Å². The van der Waals surface area contributed by atoms with Gasteiger partial charge in [0.15, 0.2) is 0 Å². The van der Waals surface area contributed by atoms with Crippen molar-refractivity contribution in [2.24, 2.45) is 10.7 Å². The molecular weight excluding hydrogens is 241 g/mol. The average molecular weight is 248 g/mol. The molecule has 0 spiro atoms. The number of guanidine groups is 1. The van der Waals surface area contributed by atoms with Crippen LogP contribution in [0, 0.1) is 5.82 Å². The summed E-state index contributed by atoms with van der Waals surface area (Å²) < 4.78 is 13.3. The van der Waals surface area contributed by atoms with Crippen LogP contribution in [-0.4, -0.2) is 11.2 Å². The van der Waals surface area contributed by atoms with Crippen molar-refractivity contribution in [3.8, 4) is 0 Å². The molecule has 70 valence electrons. The summed E-state index contributed by atoms with van der Waals surface area (Å²) in [6, 6.07) is 3.97. The molecule has 0 saturated carbocycles. The highest BCUT2D eigenvalue weighted by Gasteiger charge is 2.00. The fraction of sp³-hybridized carbons (Fsp3) is 0. The summed E-state index contributed by atoms with van der Waals surface area (Å²) in [7, 11) is 0. The van der Waals surface area contributed by atoms with Crippen molar-refractivity contribution in [1.82, 2.24) is 5.48 Å². The number of hydrogen-bond donors (Lipinski definition) is 3. The molecule has 6 heteroatoms. The summed E-state index contributed by atoms with van der Waals surface area (Å²) in [5.41, 5.74) is 7.12. The first-order valence-electron chi connectivity index (χ1n) is 3.33. The van der Waals surface area contributed by atoms with Crippen LogP contribution in [0.4, 0.5) is 10.1 Å². The third kappa shape index (κ3) is 2.67. The molecule has 1 aromatic carbocycles. The van der Waals surface area contributed by atoms with E-state index in [0.29, 0.717) is 10.2 Å². The van der Waals surface area contributed by atoms with Gasteiger partial charge in [0.05, 0.1) is 5.69 Å². The van der Waals surface area contributed by atoms with E-state index in [1.54, 1.807) is 5.48 Å². The zero-order chi connectivity index (χ0) is 9.84. The lowest BCUT2D eigenvalue weighted by atomic mass is 10.3. The number of hydroxylamine groups is 1. The minimum Gasteiger partial charge on any atom is -0.368 e. The predicted molar refractivity (Wildman–Crippen MR) is 50.3 cm³/mol. The van der Waals surface area contributed by atoms with Gasteiger partial charge < -0.3 is 5.73 Å². The number of nitrogens with one attached hydrogen (secondary N) is 1. The maximum absolute atomic E-state index is 12.7. The SMILES string of the molecule is NC(=Nc1cc(F)ccc1Br)NO. The molecular formula is C7H7BrFN3O. The highest BCUT2D eigenvalue weighted by atomic mass is 79.9. The van der Waals surface area contributed by atoms with Crippen LogP contribution in [0.15, 0.2) is 27.7 Å². The number of nitrogens with two attached hydrogens (primary N) is 1. The Hall–Kier alpha value is -1.14. The molecule has 13 heavy (non-hydrogen) atoms. The lowest BCUT2D eigenvalue weighted by Crippen LogP contribution is -2.27. The normalized spacial score (nSPS) is 11.5. The molecule has 4 N–H and O–H groups in total. The summed E-state index contributed by atoms with van der Waals surface area (Å²) in [6.45, 7) is 0. The Bertz CT molecular complexity index is 343. The molecule has 0 saturated heterocycles. The molecule has 0 aliphatic heterocycles. The number of rotatable bonds is 1. The van der Waals surface area contributed by atoms with E-state index in [9.17, 15) is 4.39 Å². The van der Waals surface area contributed by atoms with Crippen molar-refractivity contribution < 1.29 is 9.60 Å². The zero-order valence-corrected chi connectivity index (χ0v) is 8.05. The van der Waals surface area contributed by atoms with Crippen molar-refractivity contribution in [2.75, 3.05) is 0 Å². The van der Waals surface area contributed by atoms with Crippen molar-refractivity contribution in [3.05, 3.63) is 28.5 Å². The highest BCUT2D eigenvalue weighted by Crippen LogP contribution is 2.25. The fourth-order valence-electron chi connectivity index (χ4n) is 0.726. The standard InChI is InChI=1S/C7H7BrFN3O/c8-5-2-1-4(9)3-6(5)11-7(10)12-13/h1-3,13H,(H3,10,11,12). The topological polar surface area (TPSA) is 70.6 Å². The van der Waals surface area contributed by atoms with Crippen LogP contribution in [-0.2, 0) is 0 Å². The Balaban J connectivity index is 3.07. The second-order valence-electron chi connectivity index (χ2n) is 2.20. The van der Waals surface area contributed by atoms with Crippen molar-refractivity contribution in [2.45, 2.75) is 0 Å². The van der Waals surface area contributed by atoms with Gasteiger partial charge in [-0.1, -0.05) is 0 Å². The Kier molecular flexibility index (Phi) is 3.21.